The maximum Gasteiger partial charge on any atom is 0.255 e. The van der Waals surface area contributed by atoms with E-state index in [9.17, 15) is 9.90 Å². The average molecular weight is 276 g/mol. The zero-order valence-corrected chi connectivity index (χ0v) is 11.3. The van der Waals surface area contributed by atoms with Crippen LogP contribution in [0.15, 0.2) is 0 Å². The predicted molar refractivity (Wildman–Crippen MR) is 72.5 cm³/mol. The minimum Gasteiger partial charge on any atom is -0.387 e. The van der Waals surface area contributed by atoms with Crippen LogP contribution in [0.25, 0.3) is 0 Å². The predicted octanol–water partition coefficient (Wildman–Crippen LogP) is 0.350. The topological polar surface area (TPSA) is 114 Å². The van der Waals surface area contributed by atoms with Crippen molar-refractivity contribution in [3.8, 4) is 0 Å². The lowest BCUT2D eigenvalue weighted by molar-refractivity contribution is 0.0982. The van der Waals surface area contributed by atoms with Crippen LogP contribution >= 0.6 is 23.3 Å². The summed E-state index contributed by atoms with van der Waals surface area (Å²) in [6.07, 6.45) is 1.91. The van der Waals surface area contributed by atoms with Crippen LogP contribution in [-0.4, -0.2) is 39.5 Å². The maximum absolute atomic E-state index is 11.2. The van der Waals surface area contributed by atoms with Crippen LogP contribution in [-0.2, 0) is 0 Å². The first-order valence-electron chi connectivity index (χ1n) is 4.87. The van der Waals surface area contributed by atoms with E-state index in [0.29, 0.717) is 17.3 Å². The molecule has 0 saturated heterocycles. The van der Waals surface area contributed by atoms with Crippen LogP contribution in [0.2, 0.25) is 0 Å². The lowest BCUT2D eigenvalue weighted by Crippen LogP contribution is -2.36. The third-order valence-electron chi connectivity index (χ3n) is 2.05. The monoisotopic (exact) mass is 276 g/mol. The zero-order valence-electron chi connectivity index (χ0n) is 9.69. The number of rotatable bonds is 6. The lowest BCUT2D eigenvalue weighted by atomic mass is 10.1. The number of nitrogens with zero attached hydrogens (tertiary/aromatic N) is 1. The van der Waals surface area contributed by atoms with Gasteiger partial charge in [-0.05, 0) is 24.7 Å². The normalized spacial score (nSPS) is 14.3. The van der Waals surface area contributed by atoms with Crippen molar-refractivity contribution >= 4 is 40.0 Å². The number of nitrogens with one attached hydrogen (secondary N) is 1. The fourth-order valence-electron chi connectivity index (χ4n) is 1.29. The highest BCUT2D eigenvalue weighted by Gasteiger charge is 2.22. The van der Waals surface area contributed by atoms with Gasteiger partial charge in [0.15, 0.2) is 5.82 Å². The van der Waals surface area contributed by atoms with Gasteiger partial charge in [-0.3, -0.25) is 4.79 Å². The molecule has 1 amide bonds. The van der Waals surface area contributed by atoms with E-state index in [-0.39, 0.29) is 11.4 Å². The number of thioether (sulfide) groups is 1. The van der Waals surface area contributed by atoms with Crippen LogP contribution in [0, 0.1) is 0 Å². The summed E-state index contributed by atoms with van der Waals surface area (Å²) in [6.45, 7) is 2.01. The molecular weight excluding hydrogens is 260 g/mol. The highest BCUT2D eigenvalue weighted by molar-refractivity contribution is 7.98. The third-order valence-corrected chi connectivity index (χ3v) is 3.78. The molecule has 1 aromatic rings. The second-order valence-electron chi connectivity index (χ2n) is 3.92. The Balaban J connectivity index is 2.73. The SMILES string of the molecule is CSCC(C)(O)CNc1snc(N)c1C(N)=O. The molecule has 6 nitrogen and oxygen atoms in total. The number of nitrogen functional groups attached to an aromatic ring is 1. The van der Waals surface area contributed by atoms with Gasteiger partial charge in [-0.2, -0.15) is 16.1 Å². The fraction of sp³-hybridized carbons (Fsp3) is 0.556. The summed E-state index contributed by atoms with van der Waals surface area (Å²) in [5, 5.41) is 13.4. The standard InChI is InChI=1S/C9H16N4O2S2/c1-9(15,4-16-2)3-12-8-5(7(11)14)6(10)13-17-8/h12,15H,3-4H2,1-2H3,(H2,10,13)(H2,11,14). The van der Waals surface area contributed by atoms with Crippen molar-refractivity contribution in [2.24, 2.45) is 5.73 Å². The van der Waals surface area contributed by atoms with E-state index < -0.39 is 11.5 Å². The molecule has 1 rings (SSSR count). The number of anilines is 2. The van der Waals surface area contributed by atoms with Crippen LogP contribution < -0.4 is 16.8 Å². The van der Waals surface area contributed by atoms with E-state index in [1.54, 1.807) is 18.7 Å². The van der Waals surface area contributed by atoms with E-state index >= 15 is 0 Å². The molecule has 0 aliphatic carbocycles. The van der Waals surface area contributed by atoms with Crippen LogP contribution in [0.4, 0.5) is 10.8 Å². The maximum atomic E-state index is 11.2. The Morgan fingerprint density at radius 2 is 2.35 bits per heavy atom. The van der Waals surface area contributed by atoms with Crippen molar-refractivity contribution in [2.75, 3.05) is 29.6 Å². The largest absolute Gasteiger partial charge is 0.387 e. The van der Waals surface area contributed by atoms with E-state index in [0.717, 1.165) is 11.5 Å². The molecule has 0 aliphatic rings. The molecule has 1 aromatic heterocycles. The second kappa shape index (κ2) is 5.56. The third kappa shape index (κ3) is 3.76. The molecule has 1 atom stereocenters. The number of nitrogens with two attached hydrogens (primary N) is 2. The van der Waals surface area contributed by atoms with Crippen molar-refractivity contribution in [1.82, 2.24) is 4.37 Å². The molecule has 17 heavy (non-hydrogen) atoms. The van der Waals surface area contributed by atoms with Crippen LogP contribution in [0.5, 0.6) is 0 Å². The van der Waals surface area contributed by atoms with E-state index in [4.69, 9.17) is 11.5 Å². The molecular formula is C9H16N4O2S2. The van der Waals surface area contributed by atoms with Gasteiger partial charge in [-0.15, -0.1) is 0 Å². The van der Waals surface area contributed by atoms with Crippen molar-refractivity contribution in [2.45, 2.75) is 12.5 Å². The Labute approximate surface area is 108 Å². The van der Waals surface area contributed by atoms with Gasteiger partial charge in [0, 0.05) is 12.3 Å². The molecule has 0 radical (unpaired) electrons. The van der Waals surface area contributed by atoms with Gasteiger partial charge < -0.3 is 21.9 Å². The van der Waals surface area contributed by atoms with Crippen molar-refractivity contribution in [1.29, 1.82) is 0 Å². The number of hydrogen-bond donors (Lipinski definition) is 4. The smallest absolute Gasteiger partial charge is 0.255 e. The lowest BCUT2D eigenvalue weighted by Gasteiger charge is -2.22. The van der Waals surface area contributed by atoms with Crippen molar-refractivity contribution < 1.29 is 9.90 Å². The number of primary amides is 1. The number of carbonyl (C=O) groups excluding carboxylic acids is 1. The highest BCUT2D eigenvalue weighted by Crippen LogP contribution is 2.26. The summed E-state index contributed by atoms with van der Waals surface area (Å²) in [5.74, 6) is 0.0815. The second-order valence-corrected chi connectivity index (χ2v) is 5.56. The average Bonchev–Trinajstić information content (AvgIpc) is 2.57. The summed E-state index contributed by atoms with van der Waals surface area (Å²) in [7, 11) is 0. The van der Waals surface area contributed by atoms with Gasteiger partial charge in [0.1, 0.15) is 10.6 Å². The zero-order chi connectivity index (χ0) is 13.1. The molecule has 1 unspecified atom stereocenters. The quantitative estimate of drug-likeness (QED) is 0.596. The van der Waals surface area contributed by atoms with Gasteiger partial charge in [0.2, 0.25) is 0 Å². The fourth-order valence-corrected chi connectivity index (χ4v) is 2.73. The summed E-state index contributed by atoms with van der Waals surface area (Å²) in [4.78, 5) is 11.2. The van der Waals surface area contributed by atoms with Gasteiger partial charge in [-0.1, -0.05) is 0 Å². The molecule has 0 aromatic carbocycles. The molecule has 96 valence electrons. The van der Waals surface area contributed by atoms with Gasteiger partial charge in [-0.25, -0.2) is 0 Å². The summed E-state index contributed by atoms with van der Waals surface area (Å²) in [5.41, 5.74) is 10.1. The number of aromatic nitrogens is 1. The minimum absolute atomic E-state index is 0.120. The molecule has 0 saturated carbocycles. The van der Waals surface area contributed by atoms with Gasteiger partial charge in [0.25, 0.3) is 5.91 Å². The highest BCUT2D eigenvalue weighted by atomic mass is 32.2. The van der Waals surface area contributed by atoms with Crippen LogP contribution in [0.1, 0.15) is 17.3 Å². The Kier molecular flexibility index (Phi) is 4.61. The molecule has 8 heteroatoms. The van der Waals surface area contributed by atoms with Gasteiger partial charge >= 0.3 is 0 Å². The number of hydrogen-bond acceptors (Lipinski definition) is 7. The molecule has 0 spiro atoms. The summed E-state index contributed by atoms with van der Waals surface area (Å²) < 4.78 is 3.85. The Hall–Kier alpha value is -0.990. The molecule has 0 bridgehead atoms. The molecule has 6 N–H and O–H groups in total. The molecule has 0 fully saturated rings. The minimum atomic E-state index is -0.868. The first-order chi connectivity index (χ1) is 7.87. The van der Waals surface area contributed by atoms with Gasteiger partial charge in [0.05, 0.1) is 5.60 Å². The number of carbonyl (C=O) groups is 1. The Morgan fingerprint density at radius 1 is 1.71 bits per heavy atom. The molecule has 1 heterocycles. The van der Waals surface area contributed by atoms with E-state index in [1.165, 1.54) is 0 Å². The van der Waals surface area contributed by atoms with E-state index in [2.05, 4.69) is 9.69 Å². The van der Waals surface area contributed by atoms with Crippen molar-refractivity contribution in [3.05, 3.63) is 5.56 Å². The summed E-state index contributed by atoms with van der Waals surface area (Å²) in [6, 6.07) is 0. The first-order valence-corrected chi connectivity index (χ1v) is 7.04. The Morgan fingerprint density at radius 3 is 2.88 bits per heavy atom. The number of aliphatic hydroxyl groups is 1. The molecule has 0 aliphatic heterocycles. The first kappa shape index (κ1) is 14.1. The van der Waals surface area contributed by atoms with E-state index in [1.807, 2.05) is 6.26 Å². The number of amides is 1. The Bertz CT molecular complexity index is 406. The van der Waals surface area contributed by atoms with Crippen molar-refractivity contribution in [3.63, 3.8) is 0 Å². The summed E-state index contributed by atoms with van der Waals surface area (Å²) >= 11 is 2.60. The van der Waals surface area contributed by atoms with Crippen LogP contribution in [0.3, 0.4) is 0 Å².